The molecular formula is C14H27BN4O4. The van der Waals surface area contributed by atoms with Crippen LogP contribution in [0.1, 0.15) is 25.7 Å². The average Bonchev–Trinajstić information content (AvgIpc) is 2.56. The van der Waals surface area contributed by atoms with E-state index in [-0.39, 0.29) is 5.94 Å². The fourth-order valence-corrected chi connectivity index (χ4v) is 2.07. The maximum absolute atomic E-state index is 11.0. The van der Waals surface area contributed by atoms with Crippen molar-refractivity contribution in [2.45, 2.75) is 31.6 Å². The van der Waals surface area contributed by atoms with Crippen molar-refractivity contribution in [2.24, 2.45) is 0 Å². The highest BCUT2D eigenvalue weighted by Crippen LogP contribution is 1.99. The minimum absolute atomic E-state index is 0.0421. The summed E-state index contributed by atoms with van der Waals surface area (Å²) in [7, 11) is 1.89. The maximum atomic E-state index is 11.0. The van der Waals surface area contributed by atoms with Gasteiger partial charge in [-0.1, -0.05) is 0 Å². The molecule has 0 saturated heterocycles. The molecule has 0 aromatic rings. The number of unbranched alkanes of at least 4 members (excludes halogenated alkanes) is 1. The van der Waals surface area contributed by atoms with Crippen molar-refractivity contribution in [3.05, 3.63) is 0 Å². The lowest BCUT2D eigenvalue weighted by Gasteiger charge is -2.21. The molecule has 2 N–H and O–H groups in total. The molecule has 0 heterocycles. The molecule has 0 bridgehead atoms. The first kappa shape index (κ1) is 20.9. The molecule has 23 heavy (non-hydrogen) atoms. The summed E-state index contributed by atoms with van der Waals surface area (Å²) in [4.78, 5) is 45.7. The van der Waals surface area contributed by atoms with Crippen LogP contribution in [0.5, 0.6) is 0 Å². The van der Waals surface area contributed by atoms with Crippen molar-refractivity contribution in [1.82, 2.24) is 20.4 Å². The quantitative estimate of drug-likeness (QED) is 0.182. The molecule has 0 fully saturated rings. The molecule has 8 nitrogen and oxygen atoms in total. The van der Waals surface area contributed by atoms with Crippen LogP contribution in [-0.4, -0.2) is 82.0 Å². The number of rotatable bonds is 17. The topological polar surface area (TPSA) is 98.8 Å². The molecule has 0 aliphatic heterocycles. The van der Waals surface area contributed by atoms with Gasteiger partial charge in [0.25, 0.3) is 0 Å². The molecule has 0 saturated carbocycles. The van der Waals surface area contributed by atoms with Crippen LogP contribution in [-0.2, 0) is 19.2 Å². The van der Waals surface area contributed by atoms with Crippen LogP contribution in [0.4, 0.5) is 0 Å². The second kappa shape index (κ2) is 14.9. The Balaban J connectivity index is 3.78. The van der Waals surface area contributed by atoms with Gasteiger partial charge in [-0.2, -0.15) is 0 Å². The first-order valence-corrected chi connectivity index (χ1v) is 7.93. The molecule has 0 aromatic heterocycles. The minimum atomic E-state index is 0.0421. The van der Waals surface area contributed by atoms with E-state index in [2.05, 4.69) is 10.6 Å². The van der Waals surface area contributed by atoms with E-state index in [0.717, 1.165) is 32.1 Å². The highest BCUT2D eigenvalue weighted by Gasteiger charge is 2.06. The average molecular weight is 326 g/mol. The molecule has 1 unspecified atom stereocenters. The first-order chi connectivity index (χ1) is 11.2. The zero-order valence-electron chi connectivity index (χ0n) is 13.8. The Labute approximate surface area is 138 Å². The van der Waals surface area contributed by atoms with E-state index in [1.165, 1.54) is 0 Å². The number of amides is 4. The van der Waals surface area contributed by atoms with Gasteiger partial charge in [0.2, 0.25) is 25.6 Å². The Morgan fingerprint density at radius 1 is 0.826 bits per heavy atom. The molecule has 0 radical (unpaired) electrons. The van der Waals surface area contributed by atoms with E-state index in [1.54, 1.807) is 9.80 Å². The fraction of sp³-hybridized carbons (Fsp3) is 0.714. The second-order valence-corrected chi connectivity index (χ2v) is 5.39. The Hall–Kier alpha value is -2.06. The SMILES string of the molecule is BC(CCN(C=O)CCCCN(C=O)CCCNC=O)NC=O. The van der Waals surface area contributed by atoms with E-state index < -0.39 is 0 Å². The van der Waals surface area contributed by atoms with Crippen LogP contribution in [0.25, 0.3) is 0 Å². The lowest BCUT2D eigenvalue weighted by atomic mass is 9.93. The third kappa shape index (κ3) is 12.2. The van der Waals surface area contributed by atoms with Gasteiger partial charge < -0.3 is 20.4 Å². The summed E-state index contributed by atoms with van der Waals surface area (Å²) in [5, 5.41) is 5.20. The van der Waals surface area contributed by atoms with Crippen molar-refractivity contribution >= 4 is 33.5 Å². The third-order valence-electron chi connectivity index (χ3n) is 3.49. The summed E-state index contributed by atoms with van der Waals surface area (Å²) < 4.78 is 0. The molecule has 0 rings (SSSR count). The van der Waals surface area contributed by atoms with Crippen LogP contribution in [0.3, 0.4) is 0 Å². The van der Waals surface area contributed by atoms with Crippen molar-refractivity contribution < 1.29 is 19.2 Å². The van der Waals surface area contributed by atoms with Crippen molar-refractivity contribution in [3.63, 3.8) is 0 Å². The van der Waals surface area contributed by atoms with Crippen LogP contribution in [0.15, 0.2) is 0 Å². The van der Waals surface area contributed by atoms with E-state index >= 15 is 0 Å². The molecule has 0 aromatic carbocycles. The zero-order valence-corrected chi connectivity index (χ0v) is 13.8. The summed E-state index contributed by atoms with van der Waals surface area (Å²) >= 11 is 0. The summed E-state index contributed by atoms with van der Waals surface area (Å²) in [6.07, 6.45) is 5.99. The Bertz CT molecular complexity index is 347. The normalized spacial score (nSPS) is 11.1. The van der Waals surface area contributed by atoms with Gasteiger partial charge in [-0.25, -0.2) is 0 Å². The van der Waals surface area contributed by atoms with Crippen molar-refractivity contribution in [1.29, 1.82) is 0 Å². The lowest BCUT2D eigenvalue weighted by Crippen LogP contribution is -2.34. The fourth-order valence-electron chi connectivity index (χ4n) is 2.07. The molecule has 0 aliphatic rings. The van der Waals surface area contributed by atoms with Crippen molar-refractivity contribution in [2.75, 3.05) is 32.7 Å². The lowest BCUT2D eigenvalue weighted by molar-refractivity contribution is -0.119. The summed E-state index contributed by atoms with van der Waals surface area (Å²) in [5.41, 5.74) is 0. The number of hydrogen-bond acceptors (Lipinski definition) is 4. The monoisotopic (exact) mass is 326 g/mol. The minimum Gasteiger partial charge on any atom is -0.364 e. The Kier molecular flexibility index (Phi) is 13.5. The third-order valence-corrected chi connectivity index (χ3v) is 3.49. The van der Waals surface area contributed by atoms with Gasteiger partial charge in [0.05, 0.1) is 0 Å². The number of carbonyl (C=O) groups excluding carboxylic acids is 4. The number of nitrogens with one attached hydrogen (secondary N) is 2. The van der Waals surface area contributed by atoms with Gasteiger partial charge in [-0.15, -0.1) is 0 Å². The van der Waals surface area contributed by atoms with Crippen LogP contribution >= 0.6 is 0 Å². The zero-order chi connectivity index (χ0) is 17.3. The predicted octanol–water partition coefficient (Wildman–Crippen LogP) is -2.09. The maximum Gasteiger partial charge on any atom is 0.209 e. The van der Waals surface area contributed by atoms with Crippen LogP contribution in [0, 0.1) is 0 Å². The molecule has 0 spiro atoms. The van der Waals surface area contributed by atoms with Crippen LogP contribution in [0.2, 0.25) is 0 Å². The van der Waals surface area contributed by atoms with Crippen LogP contribution < -0.4 is 10.6 Å². The molecule has 9 heteroatoms. The number of nitrogens with zero attached hydrogens (tertiary/aromatic N) is 2. The number of carbonyl (C=O) groups is 4. The molecule has 130 valence electrons. The van der Waals surface area contributed by atoms with Gasteiger partial charge in [0, 0.05) is 32.7 Å². The van der Waals surface area contributed by atoms with E-state index in [4.69, 9.17) is 0 Å². The summed E-state index contributed by atoms with van der Waals surface area (Å²) in [6, 6.07) is 0. The standard InChI is InChI=1S/C14H27BN4O4/c15-14(17-11-21)4-9-19(13-23)7-2-1-6-18(12-22)8-3-5-16-10-20/h10-14H,1-9,15H2,(H,16,20)(H,17,21). The first-order valence-electron chi connectivity index (χ1n) is 7.93. The molecule has 0 aliphatic carbocycles. The van der Waals surface area contributed by atoms with Gasteiger partial charge in [0.1, 0.15) is 7.85 Å². The number of hydrogen-bond donors (Lipinski definition) is 2. The molecule has 1 atom stereocenters. The Morgan fingerprint density at radius 2 is 1.39 bits per heavy atom. The second-order valence-electron chi connectivity index (χ2n) is 5.39. The van der Waals surface area contributed by atoms with E-state index in [0.29, 0.717) is 52.0 Å². The van der Waals surface area contributed by atoms with E-state index in [1.807, 2.05) is 7.85 Å². The van der Waals surface area contributed by atoms with Gasteiger partial charge in [-0.3, -0.25) is 19.2 Å². The largest absolute Gasteiger partial charge is 0.364 e. The summed E-state index contributed by atoms with van der Waals surface area (Å²) in [6.45, 7) is 3.04. The van der Waals surface area contributed by atoms with Gasteiger partial charge >= 0.3 is 0 Å². The summed E-state index contributed by atoms with van der Waals surface area (Å²) in [5.74, 6) is 0.0421. The van der Waals surface area contributed by atoms with Gasteiger partial charge in [0.15, 0.2) is 0 Å². The Morgan fingerprint density at radius 3 is 1.91 bits per heavy atom. The highest BCUT2D eigenvalue weighted by atomic mass is 16.1. The van der Waals surface area contributed by atoms with Crippen molar-refractivity contribution in [3.8, 4) is 0 Å². The van der Waals surface area contributed by atoms with E-state index in [9.17, 15) is 19.2 Å². The molecular weight excluding hydrogens is 299 g/mol. The smallest absolute Gasteiger partial charge is 0.209 e. The van der Waals surface area contributed by atoms with Gasteiger partial charge in [-0.05, 0) is 31.6 Å². The highest BCUT2D eigenvalue weighted by molar-refractivity contribution is 6.12. The predicted molar refractivity (Wildman–Crippen MR) is 89.3 cm³/mol. The molecule has 4 amide bonds.